The molecule has 1 saturated carbocycles. The molecule has 2 rings (SSSR count). The van der Waals surface area contributed by atoms with Gasteiger partial charge in [0, 0.05) is 18.0 Å². The largest absolute Gasteiger partial charge is 0.481 e. The van der Waals surface area contributed by atoms with Gasteiger partial charge in [-0.15, -0.1) is 11.3 Å². The van der Waals surface area contributed by atoms with Crippen LogP contribution in [-0.2, 0) is 11.2 Å². The van der Waals surface area contributed by atoms with E-state index in [4.69, 9.17) is 5.11 Å². The molecule has 15 heavy (non-hydrogen) atoms. The number of hydrogen-bond donors (Lipinski definition) is 1. The summed E-state index contributed by atoms with van der Waals surface area (Å²) in [7, 11) is 0. The van der Waals surface area contributed by atoms with Crippen molar-refractivity contribution >= 4 is 17.3 Å². The smallest absolute Gasteiger partial charge is 0.306 e. The molecule has 0 aromatic carbocycles. The third-order valence-electron chi connectivity index (χ3n) is 3.15. The highest BCUT2D eigenvalue weighted by atomic mass is 32.1. The number of thiazole rings is 1. The topological polar surface area (TPSA) is 50.2 Å². The quantitative estimate of drug-likeness (QED) is 0.860. The zero-order chi connectivity index (χ0) is 10.7. The molecule has 0 amide bonds. The van der Waals surface area contributed by atoms with Gasteiger partial charge in [0.2, 0.25) is 0 Å². The van der Waals surface area contributed by atoms with Crippen molar-refractivity contribution < 1.29 is 9.90 Å². The summed E-state index contributed by atoms with van der Waals surface area (Å²) in [5, 5.41) is 12.1. The molecule has 1 fully saturated rings. The molecule has 2 unspecified atom stereocenters. The Morgan fingerprint density at radius 3 is 3.00 bits per heavy atom. The summed E-state index contributed by atoms with van der Waals surface area (Å²) in [5.74, 6) is -0.485. The van der Waals surface area contributed by atoms with E-state index in [1.807, 2.05) is 5.38 Å². The maximum atomic E-state index is 11.1. The minimum atomic E-state index is -0.628. The molecule has 0 spiro atoms. The van der Waals surface area contributed by atoms with Gasteiger partial charge < -0.3 is 5.11 Å². The first-order chi connectivity index (χ1) is 7.27. The van der Waals surface area contributed by atoms with Gasteiger partial charge in [-0.2, -0.15) is 0 Å². The molecular formula is C11H15NO2S. The third-order valence-corrected chi connectivity index (χ3v) is 3.95. The van der Waals surface area contributed by atoms with Crippen LogP contribution in [0.25, 0.3) is 0 Å². The van der Waals surface area contributed by atoms with Crippen LogP contribution in [0.3, 0.4) is 0 Å². The SMILES string of the molecule is O=C(O)C1CCCCC1Cc1nccs1. The van der Waals surface area contributed by atoms with E-state index in [0.717, 1.165) is 30.7 Å². The first-order valence-corrected chi connectivity index (χ1v) is 6.26. The van der Waals surface area contributed by atoms with Crippen molar-refractivity contribution in [2.24, 2.45) is 11.8 Å². The molecule has 1 aliphatic rings. The van der Waals surface area contributed by atoms with Gasteiger partial charge in [0.1, 0.15) is 0 Å². The molecule has 0 radical (unpaired) electrons. The van der Waals surface area contributed by atoms with Crippen molar-refractivity contribution in [2.75, 3.05) is 0 Å². The second-order valence-corrected chi connectivity index (χ2v) is 5.10. The fourth-order valence-electron chi connectivity index (χ4n) is 2.36. The van der Waals surface area contributed by atoms with Crippen molar-refractivity contribution in [1.82, 2.24) is 4.98 Å². The Bertz CT molecular complexity index is 323. The molecule has 82 valence electrons. The summed E-state index contributed by atoms with van der Waals surface area (Å²) in [6.07, 6.45) is 6.74. The molecule has 1 aromatic rings. The van der Waals surface area contributed by atoms with Crippen LogP contribution in [0.2, 0.25) is 0 Å². The third kappa shape index (κ3) is 2.56. The number of carbonyl (C=O) groups is 1. The average Bonchev–Trinajstić information content (AvgIpc) is 2.71. The summed E-state index contributed by atoms with van der Waals surface area (Å²) in [4.78, 5) is 15.3. The van der Waals surface area contributed by atoms with Gasteiger partial charge in [-0.05, 0) is 18.8 Å². The molecule has 1 aromatic heterocycles. The molecular weight excluding hydrogens is 210 g/mol. The first-order valence-electron chi connectivity index (χ1n) is 5.38. The zero-order valence-electron chi connectivity index (χ0n) is 8.56. The summed E-state index contributed by atoms with van der Waals surface area (Å²) in [5.41, 5.74) is 0. The van der Waals surface area contributed by atoms with Crippen LogP contribution in [0.5, 0.6) is 0 Å². The number of aliphatic carboxylic acids is 1. The molecule has 0 saturated heterocycles. The van der Waals surface area contributed by atoms with Gasteiger partial charge in [0.25, 0.3) is 0 Å². The summed E-state index contributed by atoms with van der Waals surface area (Å²) in [6, 6.07) is 0. The molecule has 0 bridgehead atoms. The lowest BCUT2D eigenvalue weighted by Crippen LogP contribution is -2.28. The second kappa shape index (κ2) is 4.75. The minimum Gasteiger partial charge on any atom is -0.481 e. The highest BCUT2D eigenvalue weighted by Crippen LogP contribution is 2.33. The van der Waals surface area contributed by atoms with E-state index in [-0.39, 0.29) is 5.92 Å². The fraction of sp³-hybridized carbons (Fsp3) is 0.636. The van der Waals surface area contributed by atoms with Crippen LogP contribution in [0.4, 0.5) is 0 Å². The van der Waals surface area contributed by atoms with E-state index in [1.165, 1.54) is 6.42 Å². The number of carboxylic acids is 1. The number of carboxylic acid groups (broad SMARTS) is 1. The summed E-state index contributed by atoms with van der Waals surface area (Å²) >= 11 is 1.63. The number of nitrogens with zero attached hydrogens (tertiary/aromatic N) is 1. The lowest BCUT2D eigenvalue weighted by molar-refractivity contribution is -0.144. The Kier molecular flexibility index (Phi) is 3.36. The van der Waals surface area contributed by atoms with Crippen LogP contribution in [0.1, 0.15) is 30.7 Å². The number of rotatable bonds is 3. The van der Waals surface area contributed by atoms with E-state index in [0.29, 0.717) is 5.92 Å². The maximum absolute atomic E-state index is 11.1. The van der Waals surface area contributed by atoms with Crippen LogP contribution in [0, 0.1) is 11.8 Å². The first kappa shape index (κ1) is 10.6. The molecule has 0 aliphatic heterocycles. The Hall–Kier alpha value is -0.900. The van der Waals surface area contributed by atoms with Gasteiger partial charge in [-0.1, -0.05) is 12.8 Å². The van der Waals surface area contributed by atoms with E-state index in [9.17, 15) is 4.79 Å². The zero-order valence-corrected chi connectivity index (χ0v) is 9.37. The number of aromatic nitrogens is 1. The van der Waals surface area contributed by atoms with Gasteiger partial charge in [0.05, 0.1) is 10.9 Å². The van der Waals surface area contributed by atoms with Crippen LogP contribution in [0.15, 0.2) is 11.6 Å². The van der Waals surface area contributed by atoms with Crippen molar-refractivity contribution in [3.8, 4) is 0 Å². The van der Waals surface area contributed by atoms with Gasteiger partial charge >= 0.3 is 5.97 Å². The lowest BCUT2D eigenvalue weighted by Gasteiger charge is -2.27. The molecule has 1 aliphatic carbocycles. The van der Waals surface area contributed by atoms with Crippen molar-refractivity contribution in [2.45, 2.75) is 32.1 Å². The normalized spacial score (nSPS) is 26.4. The molecule has 1 heterocycles. The van der Waals surface area contributed by atoms with Crippen molar-refractivity contribution in [3.05, 3.63) is 16.6 Å². The van der Waals surface area contributed by atoms with E-state index >= 15 is 0 Å². The van der Waals surface area contributed by atoms with Crippen LogP contribution >= 0.6 is 11.3 Å². The summed E-state index contributed by atoms with van der Waals surface area (Å²) in [6.45, 7) is 0. The summed E-state index contributed by atoms with van der Waals surface area (Å²) < 4.78 is 0. The molecule has 4 heteroatoms. The van der Waals surface area contributed by atoms with Gasteiger partial charge in [-0.3, -0.25) is 4.79 Å². The van der Waals surface area contributed by atoms with E-state index in [1.54, 1.807) is 17.5 Å². The highest BCUT2D eigenvalue weighted by Gasteiger charge is 2.31. The van der Waals surface area contributed by atoms with Crippen LogP contribution < -0.4 is 0 Å². The Morgan fingerprint density at radius 2 is 2.33 bits per heavy atom. The van der Waals surface area contributed by atoms with Gasteiger partial charge in [0.15, 0.2) is 0 Å². The monoisotopic (exact) mass is 225 g/mol. The van der Waals surface area contributed by atoms with Crippen molar-refractivity contribution in [3.63, 3.8) is 0 Å². The predicted octanol–water partition coefficient (Wildman–Crippen LogP) is 2.58. The van der Waals surface area contributed by atoms with Crippen molar-refractivity contribution in [1.29, 1.82) is 0 Å². The highest BCUT2D eigenvalue weighted by molar-refractivity contribution is 7.09. The standard InChI is InChI=1S/C11H15NO2S/c13-11(14)9-4-2-1-3-8(9)7-10-12-5-6-15-10/h5-6,8-9H,1-4,7H2,(H,13,14). The Balaban J connectivity index is 2.02. The predicted molar refractivity (Wildman–Crippen MR) is 58.9 cm³/mol. The second-order valence-electron chi connectivity index (χ2n) is 4.12. The lowest BCUT2D eigenvalue weighted by atomic mass is 9.78. The maximum Gasteiger partial charge on any atom is 0.306 e. The minimum absolute atomic E-state index is 0.150. The molecule has 2 atom stereocenters. The molecule has 1 N–H and O–H groups in total. The Labute approximate surface area is 93.2 Å². The fourth-order valence-corrected chi connectivity index (χ4v) is 3.07. The van der Waals surface area contributed by atoms with Crippen LogP contribution in [-0.4, -0.2) is 16.1 Å². The van der Waals surface area contributed by atoms with E-state index in [2.05, 4.69) is 4.98 Å². The average molecular weight is 225 g/mol. The van der Waals surface area contributed by atoms with Gasteiger partial charge in [-0.25, -0.2) is 4.98 Å². The van der Waals surface area contributed by atoms with E-state index < -0.39 is 5.97 Å². The Morgan fingerprint density at radius 1 is 1.53 bits per heavy atom. The number of hydrogen-bond acceptors (Lipinski definition) is 3. The molecule has 3 nitrogen and oxygen atoms in total.